The molecule has 0 aliphatic heterocycles. The van der Waals surface area contributed by atoms with Crippen LogP contribution in [0.25, 0.3) is 0 Å². The third kappa shape index (κ3) is 28.3. The number of hydrogen-bond acceptors (Lipinski definition) is 3. The Hall–Kier alpha value is 0.412. The maximum Gasteiger partial charge on any atom is 0.792 e. The molecular weight excluding hydrogens is 73.0 g/mol. The number of nitrogens with two attached hydrogens (primary N) is 1. The van der Waals surface area contributed by atoms with Gasteiger partial charge in [-0.3, -0.25) is 0 Å². The molecule has 24 valence electrons. The van der Waals surface area contributed by atoms with Crippen molar-refractivity contribution in [1.29, 1.82) is 0 Å². The molecule has 0 saturated carbocycles. The molecule has 0 unspecified atom stereocenters. The van der Waals surface area contributed by atoms with Crippen molar-refractivity contribution in [2.45, 2.75) is 0 Å². The summed E-state index contributed by atoms with van der Waals surface area (Å²) in [5.41, 5.74) is 0. The summed E-state index contributed by atoms with van der Waals surface area (Å²) in [5, 5.41) is 0. The Labute approximate surface area is 28.9 Å². The highest BCUT2D eigenvalue weighted by Crippen LogP contribution is 1.31. The van der Waals surface area contributed by atoms with Crippen molar-refractivity contribution in [3.63, 3.8) is 0 Å². The molecule has 0 aliphatic rings. The third-order valence-corrected chi connectivity index (χ3v) is 0. The fourth-order valence-electron chi connectivity index (χ4n) is 0. The van der Waals surface area contributed by atoms with Crippen LogP contribution in [0.5, 0.6) is 0 Å². The lowest BCUT2D eigenvalue weighted by molar-refractivity contribution is 0.409. The monoisotopic (exact) mass is 77.0 g/mol. The Kier molecular flexibility index (Phi) is 1.88. The summed E-state index contributed by atoms with van der Waals surface area (Å²) in [4.78, 5) is 0. The van der Waals surface area contributed by atoms with Crippen molar-refractivity contribution in [1.82, 2.24) is 0 Å². The van der Waals surface area contributed by atoms with Crippen LogP contribution in [0.15, 0.2) is 0 Å². The van der Waals surface area contributed by atoms with Crippen LogP contribution >= 0.6 is 0 Å². The Morgan fingerprint density at radius 1 is 1.50 bits per heavy atom. The van der Waals surface area contributed by atoms with Crippen LogP contribution < -0.4 is 4.72 Å². The van der Waals surface area contributed by atoms with Gasteiger partial charge >= 0.3 is 15.0 Å². The highest BCUT2D eigenvalue weighted by molar-refractivity contribution is 6.36. The zero-order valence-electron chi connectivity index (χ0n) is 2.05. The van der Waals surface area contributed by atoms with E-state index in [1.54, 1.807) is 0 Å². The van der Waals surface area contributed by atoms with Crippen LogP contribution in [-0.2, 0) is 0 Å². The van der Waals surface area contributed by atoms with Crippen LogP contribution in [0.3, 0.4) is 0 Å². The topological polar surface area (TPSA) is 66.5 Å². The van der Waals surface area contributed by atoms with E-state index in [1.165, 1.54) is 0 Å². The molecule has 0 bridgehead atoms. The van der Waals surface area contributed by atoms with E-state index in [1.807, 2.05) is 0 Å². The summed E-state index contributed by atoms with van der Waals surface area (Å²) in [7, 11) is 0. The van der Waals surface area contributed by atoms with Crippen LogP contribution in [-0.4, -0.2) is 23.4 Å². The van der Waals surface area contributed by atoms with Crippen LogP contribution in [0, 0.1) is 0 Å². The predicted octanol–water partition coefficient (Wildman–Crippen LogP) is -2.09. The minimum atomic E-state index is -2.64. The molecule has 0 aromatic rings. The lowest BCUT2D eigenvalue weighted by Gasteiger charge is -1.66. The van der Waals surface area contributed by atoms with Gasteiger partial charge in [-0.15, -0.1) is 0 Å². The molecule has 4 N–H and O–H groups in total. The molecule has 0 aliphatic carbocycles. The van der Waals surface area contributed by atoms with Gasteiger partial charge < -0.3 is 13.0 Å². The molecule has 0 spiro atoms. The van der Waals surface area contributed by atoms with Gasteiger partial charge in [0.2, 0.25) is 0 Å². The molecule has 0 atom stereocenters. The summed E-state index contributed by atoms with van der Waals surface area (Å²) in [6, 6.07) is 0. The Morgan fingerprint density at radius 2 is 1.50 bits per heavy atom. The molecule has 4 heavy (non-hydrogen) atoms. The number of rotatable bonds is 0. The molecule has 0 saturated heterocycles. The second-order valence-corrected chi connectivity index (χ2v) is 1.24. The van der Waals surface area contributed by atoms with E-state index in [-0.39, 0.29) is 0 Å². The van der Waals surface area contributed by atoms with E-state index in [2.05, 4.69) is 4.72 Å². The highest BCUT2D eigenvalue weighted by atomic mass is 27.2. The van der Waals surface area contributed by atoms with E-state index in [9.17, 15) is 0 Å². The quantitative estimate of drug-likeness (QED) is 0.290. The second kappa shape index (κ2) is 1.71. The van der Waals surface area contributed by atoms with Crippen molar-refractivity contribution >= 4 is 15.0 Å². The molecular formula is H4AlNO2. The number of hydrogen-bond donors (Lipinski definition) is 3. The maximum absolute atomic E-state index is 7.53. The summed E-state index contributed by atoms with van der Waals surface area (Å²) in [6.07, 6.45) is 0. The first-order valence-electron chi connectivity index (χ1n) is 0.850. The highest BCUT2D eigenvalue weighted by Gasteiger charge is 2.02. The lowest BCUT2D eigenvalue weighted by Crippen LogP contribution is -2.23. The van der Waals surface area contributed by atoms with Crippen molar-refractivity contribution < 1.29 is 8.32 Å². The van der Waals surface area contributed by atoms with Crippen molar-refractivity contribution in [2.24, 2.45) is 4.72 Å². The zero-order valence-corrected chi connectivity index (χ0v) is 3.20. The van der Waals surface area contributed by atoms with Crippen LogP contribution in [0.1, 0.15) is 0 Å². The standard InChI is InChI=1S/Al.H2N.2H2O/h;3*1H2/q+3;-1;;/p-2. The smallest absolute Gasteiger partial charge is 0.480 e. The van der Waals surface area contributed by atoms with Crippen molar-refractivity contribution in [3.05, 3.63) is 0 Å². The normalized spacial score (nSPS) is 6.75. The van der Waals surface area contributed by atoms with Gasteiger partial charge in [-0.25, -0.2) is 0 Å². The first-order chi connectivity index (χ1) is 1.73. The Morgan fingerprint density at radius 3 is 1.50 bits per heavy atom. The van der Waals surface area contributed by atoms with E-state index >= 15 is 0 Å². The summed E-state index contributed by atoms with van der Waals surface area (Å²) >= 11 is -2.64. The molecule has 0 amide bonds. The molecule has 0 rings (SSSR count). The van der Waals surface area contributed by atoms with Crippen LogP contribution in [0.2, 0.25) is 0 Å². The lowest BCUT2D eigenvalue weighted by atomic mass is 13.9. The van der Waals surface area contributed by atoms with E-state index in [4.69, 9.17) is 8.32 Å². The van der Waals surface area contributed by atoms with Gasteiger partial charge in [0.25, 0.3) is 0 Å². The van der Waals surface area contributed by atoms with Gasteiger partial charge in [0.15, 0.2) is 0 Å². The zero-order chi connectivity index (χ0) is 3.58. The van der Waals surface area contributed by atoms with Gasteiger partial charge in [0.05, 0.1) is 0 Å². The fourth-order valence-corrected chi connectivity index (χ4v) is 0. The van der Waals surface area contributed by atoms with E-state index < -0.39 is 15.0 Å². The van der Waals surface area contributed by atoms with Gasteiger partial charge in [-0.05, 0) is 0 Å². The average Bonchev–Trinajstić information content (AvgIpc) is 0.811. The second-order valence-electron chi connectivity index (χ2n) is 0.414. The van der Waals surface area contributed by atoms with Gasteiger partial charge in [0.1, 0.15) is 0 Å². The molecule has 4 heteroatoms. The van der Waals surface area contributed by atoms with Gasteiger partial charge in [0, 0.05) is 0 Å². The minimum absolute atomic E-state index is 2.64. The first-order valence-corrected chi connectivity index (χ1v) is 2.55. The SMILES string of the molecule is [NH2][Al]([OH])[OH]. The molecule has 0 radical (unpaired) electrons. The Balaban J connectivity index is 2.32. The molecule has 0 aromatic carbocycles. The van der Waals surface area contributed by atoms with Crippen molar-refractivity contribution in [2.75, 3.05) is 0 Å². The predicted molar refractivity (Wildman–Crippen MR) is 14.4 cm³/mol. The molecule has 3 nitrogen and oxygen atoms in total. The molecule has 0 aromatic heterocycles. The summed E-state index contributed by atoms with van der Waals surface area (Å²) < 4.78 is 19.4. The Bertz CT molecular complexity index is 10.8. The molecule has 0 heterocycles. The fraction of sp³-hybridized carbons (Fsp3) is 0. The molecule has 0 fully saturated rings. The van der Waals surface area contributed by atoms with Gasteiger partial charge in [-0.1, -0.05) is 0 Å². The van der Waals surface area contributed by atoms with Crippen molar-refractivity contribution in [3.8, 4) is 0 Å². The van der Waals surface area contributed by atoms with Gasteiger partial charge in [-0.2, -0.15) is 0 Å². The van der Waals surface area contributed by atoms with E-state index in [0.29, 0.717) is 0 Å². The summed E-state index contributed by atoms with van der Waals surface area (Å²) in [5.74, 6) is 0. The average molecular weight is 77.0 g/mol. The first kappa shape index (κ1) is 4.41. The largest absolute Gasteiger partial charge is 0.792 e. The minimum Gasteiger partial charge on any atom is -0.480 e. The maximum atomic E-state index is 7.53. The summed E-state index contributed by atoms with van der Waals surface area (Å²) in [6.45, 7) is 0. The van der Waals surface area contributed by atoms with E-state index in [0.717, 1.165) is 0 Å². The third-order valence-electron chi connectivity index (χ3n) is 0. The van der Waals surface area contributed by atoms with Crippen LogP contribution in [0.4, 0.5) is 0 Å².